The van der Waals surface area contributed by atoms with E-state index in [1.165, 1.54) is 48.1 Å². The van der Waals surface area contributed by atoms with Crippen LogP contribution in [0.25, 0.3) is 0 Å². The predicted octanol–water partition coefficient (Wildman–Crippen LogP) is 6.42. The maximum Gasteiger partial charge on any atom is 0.123 e. The van der Waals surface area contributed by atoms with Crippen LogP contribution in [0.5, 0.6) is 0 Å². The largest absolute Gasteiger partial charge is 0.363 e. The summed E-state index contributed by atoms with van der Waals surface area (Å²) in [5.41, 5.74) is 7.56. The highest BCUT2D eigenvalue weighted by molar-refractivity contribution is 5.37. The molecule has 0 spiro atoms. The number of halogens is 1. The number of benzene rings is 2. The number of rotatable bonds is 8. The Morgan fingerprint density at radius 1 is 1.07 bits per heavy atom. The molecule has 3 heteroatoms. The van der Waals surface area contributed by atoms with Crippen molar-refractivity contribution in [2.75, 3.05) is 0 Å². The summed E-state index contributed by atoms with van der Waals surface area (Å²) in [6.07, 6.45) is 7.15. The van der Waals surface area contributed by atoms with Crippen molar-refractivity contribution in [3.63, 3.8) is 0 Å². The Balaban J connectivity index is 1.53. The molecule has 1 aliphatic carbocycles. The summed E-state index contributed by atoms with van der Waals surface area (Å²) >= 11 is 0. The van der Waals surface area contributed by atoms with Gasteiger partial charge in [-0.3, -0.25) is 4.98 Å². The summed E-state index contributed by atoms with van der Waals surface area (Å²) < 4.78 is 13.2. The zero-order valence-electron chi connectivity index (χ0n) is 17.7. The van der Waals surface area contributed by atoms with Crippen molar-refractivity contribution in [2.24, 2.45) is 0 Å². The SMILES string of the molecule is C=C(CCc1ccc(F)cc1)N(Cc1ccccn1)C(C)c1ccc2c(c1)CCC2. The van der Waals surface area contributed by atoms with Gasteiger partial charge in [0.15, 0.2) is 0 Å². The van der Waals surface area contributed by atoms with Crippen molar-refractivity contribution in [3.8, 4) is 0 Å². The molecule has 2 aromatic carbocycles. The Hall–Kier alpha value is -2.94. The Bertz CT molecular complexity index is 995. The average molecular weight is 401 g/mol. The van der Waals surface area contributed by atoms with Crippen LogP contribution in [0, 0.1) is 5.82 Å². The molecule has 0 amide bonds. The van der Waals surface area contributed by atoms with Gasteiger partial charge in [-0.05, 0) is 85.5 Å². The highest BCUT2D eigenvalue weighted by Crippen LogP contribution is 2.31. The van der Waals surface area contributed by atoms with E-state index in [2.05, 4.69) is 47.7 Å². The molecule has 30 heavy (non-hydrogen) atoms. The number of nitrogens with zero attached hydrogens (tertiary/aromatic N) is 2. The second-order valence-electron chi connectivity index (χ2n) is 8.20. The third-order valence-electron chi connectivity index (χ3n) is 6.15. The second kappa shape index (κ2) is 9.25. The molecule has 2 nitrogen and oxygen atoms in total. The zero-order valence-corrected chi connectivity index (χ0v) is 17.7. The number of pyridine rings is 1. The minimum atomic E-state index is -0.195. The van der Waals surface area contributed by atoms with Crippen LogP contribution in [0.2, 0.25) is 0 Å². The number of aryl methyl sites for hydroxylation is 3. The van der Waals surface area contributed by atoms with Gasteiger partial charge in [-0.2, -0.15) is 0 Å². The average Bonchev–Trinajstić information content (AvgIpc) is 3.25. The predicted molar refractivity (Wildman–Crippen MR) is 121 cm³/mol. The van der Waals surface area contributed by atoms with Crippen molar-refractivity contribution < 1.29 is 4.39 Å². The fourth-order valence-electron chi connectivity index (χ4n) is 4.30. The minimum absolute atomic E-state index is 0.195. The lowest BCUT2D eigenvalue weighted by molar-refractivity contribution is 0.252. The highest BCUT2D eigenvalue weighted by Gasteiger charge is 2.20. The van der Waals surface area contributed by atoms with Gasteiger partial charge in [0.2, 0.25) is 0 Å². The summed E-state index contributed by atoms with van der Waals surface area (Å²) in [5.74, 6) is -0.195. The van der Waals surface area contributed by atoms with Gasteiger partial charge < -0.3 is 4.90 Å². The van der Waals surface area contributed by atoms with E-state index in [-0.39, 0.29) is 11.9 Å². The third kappa shape index (κ3) is 4.79. The van der Waals surface area contributed by atoms with Crippen LogP contribution in [0.15, 0.2) is 79.1 Å². The summed E-state index contributed by atoms with van der Waals surface area (Å²) in [6.45, 7) is 7.40. The van der Waals surface area contributed by atoms with Crippen molar-refractivity contribution in [3.05, 3.63) is 113 Å². The molecule has 1 aliphatic rings. The molecule has 1 aromatic heterocycles. The van der Waals surface area contributed by atoms with Gasteiger partial charge in [0.1, 0.15) is 5.82 Å². The molecule has 0 bridgehead atoms. The van der Waals surface area contributed by atoms with Crippen LogP contribution in [0.1, 0.15) is 53.8 Å². The van der Waals surface area contributed by atoms with Gasteiger partial charge in [-0.15, -0.1) is 0 Å². The van der Waals surface area contributed by atoms with Crippen LogP contribution in [0.4, 0.5) is 4.39 Å². The first-order valence-corrected chi connectivity index (χ1v) is 10.8. The van der Waals surface area contributed by atoms with Gasteiger partial charge in [0.25, 0.3) is 0 Å². The molecule has 154 valence electrons. The molecule has 0 fully saturated rings. The first-order chi connectivity index (χ1) is 14.6. The van der Waals surface area contributed by atoms with Crippen LogP contribution < -0.4 is 0 Å². The summed E-state index contributed by atoms with van der Waals surface area (Å²) in [4.78, 5) is 6.90. The topological polar surface area (TPSA) is 16.1 Å². The lowest BCUT2D eigenvalue weighted by atomic mass is 9.99. The van der Waals surface area contributed by atoms with E-state index in [0.717, 1.165) is 36.3 Å². The number of aromatic nitrogens is 1. The lowest BCUT2D eigenvalue weighted by Gasteiger charge is -2.33. The van der Waals surface area contributed by atoms with Crippen LogP contribution >= 0.6 is 0 Å². The van der Waals surface area contributed by atoms with E-state index in [9.17, 15) is 4.39 Å². The van der Waals surface area contributed by atoms with Gasteiger partial charge in [-0.25, -0.2) is 4.39 Å². The standard InChI is InChI=1S/C27H29FN2/c1-20(9-10-22-11-15-26(28)16-12-22)30(19-27-8-3-4-17-29-27)21(2)24-14-13-23-6-5-7-25(23)18-24/h3-4,8,11-18,21H,1,5-7,9-10,19H2,2H3. The Kier molecular flexibility index (Phi) is 6.27. The zero-order chi connectivity index (χ0) is 20.9. The fourth-order valence-corrected chi connectivity index (χ4v) is 4.30. The molecule has 3 aromatic rings. The normalized spacial score (nSPS) is 13.7. The number of hydrogen-bond donors (Lipinski definition) is 0. The summed E-state index contributed by atoms with van der Waals surface area (Å²) in [5, 5.41) is 0. The second-order valence-corrected chi connectivity index (χ2v) is 8.20. The van der Waals surface area contributed by atoms with Crippen molar-refractivity contribution in [1.82, 2.24) is 9.88 Å². The van der Waals surface area contributed by atoms with E-state index in [4.69, 9.17) is 0 Å². The fraction of sp³-hybridized carbons (Fsp3) is 0.296. The first kappa shape index (κ1) is 20.3. The molecular weight excluding hydrogens is 371 g/mol. The molecule has 0 radical (unpaired) electrons. The van der Waals surface area contributed by atoms with Crippen molar-refractivity contribution in [2.45, 2.75) is 51.6 Å². The quantitative estimate of drug-likeness (QED) is 0.434. The molecule has 1 unspecified atom stereocenters. The van der Waals surface area contributed by atoms with Gasteiger partial charge in [-0.1, -0.05) is 43.0 Å². The Morgan fingerprint density at radius 3 is 2.63 bits per heavy atom. The molecule has 1 heterocycles. The third-order valence-corrected chi connectivity index (χ3v) is 6.15. The van der Waals surface area contributed by atoms with Gasteiger partial charge in [0, 0.05) is 11.9 Å². The van der Waals surface area contributed by atoms with Crippen LogP contribution in [-0.2, 0) is 25.8 Å². The van der Waals surface area contributed by atoms with Gasteiger partial charge in [0.05, 0.1) is 18.3 Å². The Morgan fingerprint density at radius 2 is 1.87 bits per heavy atom. The molecule has 0 aliphatic heterocycles. The molecule has 4 rings (SSSR count). The van der Waals surface area contributed by atoms with Crippen LogP contribution in [-0.4, -0.2) is 9.88 Å². The maximum atomic E-state index is 13.2. The van der Waals surface area contributed by atoms with E-state index < -0.39 is 0 Å². The van der Waals surface area contributed by atoms with E-state index in [1.54, 1.807) is 0 Å². The molecular formula is C27H29FN2. The van der Waals surface area contributed by atoms with Crippen LogP contribution in [0.3, 0.4) is 0 Å². The van der Waals surface area contributed by atoms with E-state index in [1.807, 2.05) is 30.5 Å². The maximum absolute atomic E-state index is 13.2. The summed E-state index contributed by atoms with van der Waals surface area (Å²) in [6, 6.07) is 20.0. The molecule has 0 N–H and O–H groups in total. The number of fused-ring (bicyclic) bond motifs is 1. The van der Waals surface area contributed by atoms with Crippen molar-refractivity contribution >= 4 is 0 Å². The van der Waals surface area contributed by atoms with E-state index >= 15 is 0 Å². The molecule has 0 saturated carbocycles. The summed E-state index contributed by atoms with van der Waals surface area (Å²) in [7, 11) is 0. The van der Waals surface area contributed by atoms with Gasteiger partial charge >= 0.3 is 0 Å². The monoisotopic (exact) mass is 400 g/mol. The Labute approximate surface area is 179 Å². The first-order valence-electron chi connectivity index (χ1n) is 10.8. The van der Waals surface area contributed by atoms with E-state index in [0.29, 0.717) is 0 Å². The highest BCUT2D eigenvalue weighted by atomic mass is 19.1. The smallest absolute Gasteiger partial charge is 0.123 e. The lowest BCUT2D eigenvalue weighted by Crippen LogP contribution is -2.26. The molecule has 1 atom stereocenters. The minimum Gasteiger partial charge on any atom is -0.363 e. The van der Waals surface area contributed by atoms with Crippen molar-refractivity contribution in [1.29, 1.82) is 0 Å². The number of allylic oxidation sites excluding steroid dienone is 1. The molecule has 0 saturated heterocycles. The number of hydrogen-bond acceptors (Lipinski definition) is 2.